The van der Waals surface area contributed by atoms with Gasteiger partial charge in [-0.2, -0.15) is 0 Å². The van der Waals surface area contributed by atoms with E-state index in [9.17, 15) is 15.1 Å². The van der Waals surface area contributed by atoms with Gasteiger partial charge < -0.3 is 20.2 Å². The van der Waals surface area contributed by atoms with Crippen LogP contribution in [0, 0.1) is 5.21 Å². The van der Waals surface area contributed by atoms with Gasteiger partial charge in [-0.3, -0.25) is 0 Å². The number of cyclic esters (lactones) is 1. The summed E-state index contributed by atoms with van der Waals surface area (Å²) in [6, 6.07) is -0.754. The van der Waals surface area contributed by atoms with Gasteiger partial charge in [0.15, 0.2) is 6.10 Å². The molecular weight excluding hydrogens is 264 g/mol. The predicted molar refractivity (Wildman–Crippen MR) is 70.9 cm³/mol. The van der Waals surface area contributed by atoms with Crippen molar-refractivity contribution in [3.05, 3.63) is 17.4 Å². The summed E-state index contributed by atoms with van der Waals surface area (Å²) in [4.78, 5) is 11.6. The maximum absolute atomic E-state index is 11.8. The molecule has 20 heavy (non-hydrogen) atoms. The number of rotatable bonds is 7. The molecule has 0 aromatic rings. The van der Waals surface area contributed by atoms with Crippen LogP contribution in [0.15, 0.2) is 17.3 Å². The lowest BCUT2D eigenvalue weighted by Gasteiger charge is -2.26. The van der Waals surface area contributed by atoms with Gasteiger partial charge in [-0.1, -0.05) is 4.86 Å². The zero-order valence-electron chi connectivity index (χ0n) is 11.8. The lowest BCUT2D eigenvalue weighted by Crippen LogP contribution is -2.44. The Kier molecular flexibility index (Phi) is 6.60. The zero-order valence-corrected chi connectivity index (χ0v) is 11.8. The fraction of sp³-hybridized carbons (Fsp3) is 0.769. The second-order valence-corrected chi connectivity index (χ2v) is 5.00. The minimum atomic E-state index is -0.996. The van der Waals surface area contributed by atoms with Gasteiger partial charge in [0.05, 0.1) is 6.10 Å². The predicted octanol–water partition coefficient (Wildman–Crippen LogP) is 0.731. The summed E-state index contributed by atoms with van der Waals surface area (Å²) in [6.07, 6.45) is 2.35. The van der Waals surface area contributed by atoms with Crippen molar-refractivity contribution < 1.29 is 24.6 Å². The number of hydrogen-bond donors (Lipinski definition) is 2. The van der Waals surface area contributed by atoms with Crippen LogP contribution in [0.1, 0.15) is 33.1 Å². The largest absolute Gasteiger partial charge is 0.600 e. The number of ether oxygens (including phenoxy) is 1. The van der Waals surface area contributed by atoms with Crippen LogP contribution in [0.25, 0.3) is 0 Å². The first-order chi connectivity index (χ1) is 9.41. The van der Waals surface area contributed by atoms with Crippen LogP contribution < -0.4 is 0 Å². The van der Waals surface area contributed by atoms with Gasteiger partial charge in [0.25, 0.3) is 0 Å². The highest BCUT2D eigenvalue weighted by atomic mass is 16.6. The van der Waals surface area contributed by atoms with E-state index >= 15 is 0 Å². The topological polar surface area (TPSA) is 105 Å². The summed E-state index contributed by atoms with van der Waals surface area (Å²) < 4.78 is 4.93. The summed E-state index contributed by atoms with van der Waals surface area (Å²) in [5.41, 5.74) is 0. The van der Waals surface area contributed by atoms with Gasteiger partial charge >= 0.3 is 5.97 Å². The highest BCUT2D eigenvalue weighted by Crippen LogP contribution is 2.15. The van der Waals surface area contributed by atoms with Gasteiger partial charge in [0.1, 0.15) is 12.6 Å². The van der Waals surface area contributed by atoms with E-state index < -0.39 is 24.2 Å². The van der Waals surface area contributed by atoms with Crippen LogP contribution in [0.2, 0.25) is 0 Å². The molecular formula is C13H22N2O5. The monoisotopic (exact) mass is 286 g/mol. The van der Waals surface area contributed by atoms with Crippen LogP contribution in [0.5, 0.6) is 0 Å². The summed E-state index contributed by atoms with van der Waals surface area (Å²) in [5, 5.41) is 34.4. The molecule has 0 spiro atoms. The van der Waals surface area contributed by atoms with Gasteiger partial charge in [0.2, 0.25) is 6.04 Å². The van der Waals surface area contributed by atoms with Gasteiger partial charge in [0, 0.05) is 13.0 Å². The molecule has 0 bridgehead atoms. The number of azo groups is 1. The normalized spacial score (nSPS) is 26.2. The highest BCUT2D eigenvalue weighted by molar-refractivity contribution is 5.83. The Hall–Kier alpha value is -1.47. The minimum absolute atomic E-state index is 0.340. The molecule has 1 aliphatic rings. The Bertz CT molecular complexity index is 381. The standard InChI is InChI=1S/C13H22N2O5/c1-9(16)5-3-4-8-14-15(19)10(2)13-11(17)6-7-12(18)20-13/h6-7,9-11,13,16-17H,3-5,8H2,1-2H3. The van der Waals surface area contributed by atoms with E-state index in [1.165, 1.54) is 6.08 Å². The molecule has 0 saturated heterocycles. The fourth-order valence-electron chi connectivity index (χ4n) is 1.89. The molecule has 2 N–H and O–H groups in total. The molecule has 7 nitrogen and oxygen atoms in total. The maximum atomic E-state index is 11.8. The van der Waals surface area contributed by atoms with E-state index in [2.05, 4.69) is 5.11 Å². The van der Waals surface area contributed by atoms with E-state index in [1.807, 2.05) is 0 Å². The van der Waals surface area contributed by atoms with E-state index in [0.29, 0.717) is 24.2 Å². The minimum Gasteiger partial charge on any atom is -0.600 e. The van der Waals surface area contributed by atoms with Crippen molar-refractivity contribution in [3.8, 4) is 0 Å². The first-order valence-electron chi connectivity index (χ1n) is 6.80. The molecule has 4 atom stereocenters. The van der Waals surface area contributed by atoms with Crippen molar-refractivity contribution in [1.29, 1.82) is 0 Å². The van der Waals surface area contributed by atoms with Crippen LogP contribution in [-0.2, 0) is 9.53 Å². The third-order valence-electron chi connectivity index (χ3n) is 3.11. The molecule has 0 aliphatic carbocycles. The molecule has 114 valence electrons. The number of carbonyl (C=O) groups is 1. The molecule has 0 radical (unpaired) electrons. The zero-order chi connectivity index (χ0) is 15.1. The summed E-state index contributed by atoms with van der Waals surface area (Å²) in [7, 11) is 0. The Balaban J connectivity index is 2.43. The number of hydrogen-bond acceptors (Lipinski definition) is 6. The van der Waals surface area contributed by atoms with E-state index in [4.69, 9.17) is 9.84 Å². The number of unbranched alkanes of at least 4 members (excludes halogenated alkanes) is 1. The number of aliphatic hydroxyl groups excluding tert-OH is 2. The molecule has 0 saturated carbocycles. The smallest absolute Gasteiger partial charge is 0.331 e. The van der Waals surface area contributed by atoms with Gasteiger partial charge in [-0.25, -0.2) is 4.79 Å². The quantitative estimate of drug-likeness (QED) is 0.236. The SMILES string of the molecule is CC(O)CCCCN=[N+]([O-])C(C)C1OC(=O)C=CC1O. The van der Waals surface area contributed by atoms with Crippen molar-refractivity contribution >= 4 is 5.97 Å². The average molecular weight is 286 g/mol. The molecule has 7 heteroatoms. The number of nitrogens with zero attached hydrogens (tertiary/aromatic N) is 2. The Labute approximate surface area is 118 Å². The average Bonchev–Trinajstić information content (AvgIpc) is 2.39. The highest BCUT2D eigenvalue weighted by Gasteiger charge is 2.36. The number of hydroxylamine groups is 1. The van der Waals surface area contributed by atoms with E-state index in [0.717, 1.165) is 12.5 Å². The first kappa shape index (κ1) is 16.6. The Morgan fingerprint density at radius 2 is 2.20 bits per heavy atom. The van der Waals surface area contributed by atoms with Gasteiger partial charge in [-0.05, 0) is 37.4 Å². The summed E-state index contributed by atoms with van der Waals surface area (Å²) >= 11 is 0. The molecule has 0 fully saturated rings. The van der Waals surface area contributed by atoms with E-state index in [1.54, 1.807) is 13.8 Å². The Morgan fingerprint density at radius 1 is 1.50 bits per heavy atom. The van der Waals surface area contributed by atoms with Crippen molar-refractivity contribution in [2.24, 2.45) is 5.11 Å². The van der Waals surface area contributed by atoms with Crippen molar-refractivity contribution in [1.82, 2.24) is 0 Å². The summed E-state index contributed by atoms with van der Waals surface area (Å²) in [6.45, 7) is 3.60. The molecule has 1 rings (SSSR count). The second-order valence-electron chi connectivity index (χ2n) is 5.00. The molecule has 0 aromatic carbocycles. The molecule has 4 unspecified atom stereocenters. The fourth-order valence-corrected chi connectivity index (χ4v) is 1.89. The molecule has 0 aromatic heterocycles. The van der Waals surface area contributed by atoms with Crippen molar-refractivity contribution in [3.63, 3.8) is 0 Å². The van der Waals surface area contributed by atoms with E-state index in [-0.39, 0.29) is 6.10 Å². The van der Waals surface area contributed by atoms with Crippen molar-refractivity contribution in [2.75, 3.05) is 6.54 Å². The van der Waals surface area contributed by atoms with Gasteiger partial charge in [-0.15, -0.1) is 0 Å². The third-order valence-corrected chi connectivity index (χ3v) is 3.11. The second kappa shape index (κ2) is 7.96. The lowest BCUT2D eigenvalue weighted by atomic mass is 10.1. The first-order valence-corrected chi connectivity index (χ1v) is 6.80. The molecule has 0 amide bonds. The van der Waals surface area contributed by atoms with Crippen LogP contribution in [0.4, 0.5) is 0 Å². The lowest BCUT2D eigenvalue weighted by molar-refractivity contribution is -0.576. The third kappa shape index (κ3) is 5.26. The number of aliphatic hydroxyl groups is 2. The van der Waals surface area contributed by atoms with Crippen LogP contribution >= 0.6 is 0 Å². The number of carbonyl (C=O) groups excluding carboxylic acids is 1. The molecule has 1 heterocycles. The summed E-state index contributed by atoms with van der Waals surface area (Å²) in [5.74, 6) is -0.572. The number of esters is 1. The van der Waals surface area contributed by atoms with Crippen LogP contribution in [0.3, 0.4) is 0 Å². The van der Waals surface area contributed by atoms with Crippen molar-refractivity contribution in [2.45, 2.75) is 57.5 Å². The van der Waals surface area contributed by atoms with Crippen LogP contribution in [-0.4, -0.2) is 51.9 Å². The Morgan fingerprint density at radius 3 is 2.85 bits per heavy atom. The molecule has 1 aliphatic heterocycles. The maximum Gasteiger partial charge on any atom is 0.331 e.